The minimum atomic E-state index is -0.551. The van der Waals surface area contributed by atoms with Crippen molar-refractivity contribution in [1.82, 2.24) is 14.3 Å². The summed E-state index contributed by atoms with van der Waals surface area (Å²) in [5, 5.41) is 2.88. The zero-order valence-electron chi connectivity index (χ0n) is 11.8. The van der Waals surface area contributed by atoms with E-state index in [1.165, 1.54) is 41.9 Å². The van der Waals surface area contributed by atoms with Gasteiger partial charge in [-0.2, -0.15) is 0 Å². The summed E-state index contributed by atoms with van der Waals surface area (Å²) >= 11 is 0. The van der Waals surface area contributed by atoms with E-state index in [0.717, 1.165) is 12.8 Å². The molecule has 0 bridgehead atoms. The average molecular weight is 289 g/mol. The molecular weight excluding hydrogens is 274 g/mol. The lowest BCUT2D eigenvalue weighted by atomic mass is 10.1. The summed E-state index contributed by atoms with van der Waals surface area (Å²) in [7, 11) is 2.80. The van der Waals surface area contributed by atoms with Gasteiger partial charge in [-0.15, -0.1) is 0 Å². The monoisotopic (exact) mass is 289 g/mol. The SMILES string of the molecule is COC(=O)c1cc(-c2c[nH]n(C3CC3)c2=O)c(=O)n(C)c1. The Hall–Kier alpha value is -2.57. The first kappa shape index (κ1) is 13.4. The van der Waals surface area contributed by atoms with Gasteiger partial charge in [0.2, 0.25) is 0 Å². The van der Waals surface area contributed by atoms with Crippen molar-refractivity contribution < 1.29 is 9.53 Å². The molecule has 1 fully saturated rings. The van der Waals surface area contributed by atoms with Crippen LogP contribution in [0.3, 0.4) is 0 Å². The molecule has 7 heteroatoms. The fourth-order valence-electron chi connectivity index (χ4n) is 2.32. The maximum Gasteiger partial charge on any atom is 0.339 e. The Morgan fingerprint density at radius 3 is 2.62 bits per heavy atom. The molecule has 110 valence electrons. The van der Waals surface area contributed by atoms with Gasteiger partial charge in [0.05, 0.1) is 29.8 Å². The summed E-state index contributed by atoms with van der Waals surface area (Å²) in [4.78, 5) is 36.2. The van der Waals surface area contributed by atoms with Crippen LogP contribution in [0.2, 0.25) is 0 Å². The fourth-order valence-corrected chi connectivity index (χ4v) is 2.32. The molecule has 2 heterocycles. The van der Waals surface area contributed by atoms with E-state index >= 15 is 0 Å². The summed E-state index contributed by atoms with van der Waals surface area (Å²) in [6.45, 7) is 0. The summed E-state index contributed by atoms with van der Waals surface area (Å²) in [5.74, 6) is -0.551. The number of nitrogens with one attached hydrogen (secondary N) is 1. The van der Waals surface area contributed by atoms with E-state index in [1.54, 1.807) is 0 Å². The smallest absolute Gasteiger partial charge is 0.339 e. The van der Waals surface area contributed by atoms with E-state index in [9.17, 15) is 14.4 Å². The van der Waals surface area contributed by atoms with Gasteiger partial charge in [-0.1, -0.05) is 0 Å². The third-order valence-electron chi connectivity index (χ3n) is 3.60. The highest BCUT2D eigenvalue weighted by molar-refractivity contribution is 5.90. The van der Waals surface area contributed by atoms with Crippen LogP contribution in [0.5, 0.6) is 0 Å². The van der Waals surface area contributed by atoms with Crippen LogP contribution in [-0.4, -0.2) is 27.4 Å². The van der Waals surface area contributed by atoms with Crippen molar-refractivity contribution in [2.24, 2.45) is 7.05 Å². The summed E-state index contributed by atoms with van der Waals surface area (Å²) in [5.41, 5.74) is 0.126. The van der Waals surface area contributed by atoms with Crippen molar-refractivity contribution in [2.45, 2.75) is 18.9 Å². The molecule has 0 unspecified atom stereocenters. The van der Waals surface area contributed by atoms with Crippen LogP contribution in [0.1, 0.15) is 29.2 Å². The van der Waals surface area contributed by atoms with E-state index in [2.05, 4.69) is 9.84 Å². The minimum absolute atomic E-state index is 0.193. The number of ether oxygens (including phenoxy) is 1. The normalized spacial score (nSPS) is 14.2. The number of aryl methyl sites for hydroxylation is 1. The molecule has 0 aliphatic heterocycles. The molecule has 3 rings (SSSR count). The van der Waals surface area contributed by atoms with Crippen LogP contribution in [-0.2, 0) is 11.8 Å². The van der Waals surface area contributed by atoms with Gasteiger partial charge in [0.25, 0.3) is 11.1 Å². The quantitative estimate of drug-likeness (QED) is 0.841. The molecule has 1 N–H and O–H groups in total. The van der Waals surface area contributed by atoms with Crippen LogP contribution < -0.4 is 11.1 Å². The Labute approximate surface area is 119 Å². The van der Waals surface area contributed by atoms with Gasteiger partial charge in [0, 0.05) is 19.4 Å². The van der Waals surface area contributed by atoms with Crippen molar-refractivity contribution in [1.29, 1.82) is 0 Å². The Morgan fingerprint density at radius 2 is 2.00 bits per heavy atom. The lowest BCUT2D eigenvalue weighted by Gasteiger charge is -2.05. The first-order chi connectivity index (χ1) is 10.0. The molecule has 0 saturated heterocycles. The van der Waals surface area contributed by atoms with Gasteiger partial charge in [-0.3, -0.25) is 9.59 Å². The van der Waals surface area contributed by atoms with Crippen LogP contribution in [0.25, 0.3) is 11.1 Å². The number of carbonyl (C=O) groups excluding carboxylic acids is 1. The Kier molecular flexibility index (Phi) is 3.04. The number of aromatic amines is 1. The maximum absolute atomic E-state index is 12.3. The summed E-state index contributed by atoms with van der Waals surface area (Å²) in [6.07, 6.45) is 4.82. The second-order valence-corrected chi connectivity index (χ2v) is 5.14. The third-order valence-corrected chi connectivity index (χ3v) is 3.60. The summed E-state index contributed by atoms with van der Waals surface area (Å²) in [6, 6.07) is 1.59. The number of carbonyl (C=O) groups is 1. The maximum atomic E-state index is 12.3. The number of methoxy groups -OCH3 is 1. The van der Waals surface area contributed by atoms with E-state index < -0.39 is 5.97 Å². The molecule has 0 aromatic carbocycles. The number of nitrogens with zero attached hydrogens (tertiary/aromatic N) is 2. The standard InChI is InChI=1S/C14H15N3O4/c1-16-7-8(14(20)21-2)5-10(12(16)18)11-6-15-17(13(11)19)9-3-4-9/h5-7,9,15H,3-4H2,1-2H3. The molecular formula is C14H15N3O4. The zero-order valence-corrected chi connectivity index (χ0v) is 11.8. The third kappa shape index (κ3) is 2.20. The first-order valence-electron chi connectivity index (χ1n) is 6.62. The second-order valence-electron chi connectivity index (χ2n) is 5.14. The molecule has 0 atom stereocenters. The Morgan fingerprint density at radius 1 is 1.29 bits per heavy atom. The van der Waals surface area contributed by atoms with Crippen LogP contribution in [0, 0.1) is 0 Å². The van der Waals surface area contributed by atoms with Crippen molar-refractivity contribution >= 4 is 5.97 Å². The van der Waals surface area contributed by atoms with E-state index in [4.69, 9.17) is 0 Å². The van der Waals surface area contributed by atoms with Crippen LogP contribution >= 0.6 is 0 Å². The number of rotatable bonds is 3. The predicted molar refractivity (Wildman–Crippen MR) is 75.3 cm³/mol. The number of hydrogen-bond donors (Lipinski definition) is 1. The highest BCUT2D eigenvalue weighted by Crippen LogP contribution is 2.33. The van der Waals surface area contributed by atoms with Crippen molar-refractivity contribution in [2.75, 3.05) is 7.11 Å². The largest absolute Gasteiger partial charge is 0.465 e. The van der Waals surface area contributed by atoms with Gasteiger partial charge < -0.3 is 14.4 Å². The van der Waals surface area contributed by atoms with E-state index in [1.807, 2.05) is 0 Å². The van der Waals surface area contributed by atoms with Gasteiger partial charge in [-0.25, -0.2) is 9.48 Å². The average Bonchev–Trinajstić information content (AvgIpc) is 3.24. The molecule has 1 aliphatic rings. The van der Waals surface area contributed by atoms with Crippen LogP contribution in [0.4, 0.5) is 0 Å². The van der Waals surface area contributed by atoms with Gasteiger partial charge in [0.15, 0.2) is 0 Å². The van der Waals surface area contributed by atoms with Crippen LogP contribution in [0.15, 0.2) is 28.0 Å². The molecule has 0 radical (unpaired) electrons. The first-order valence-corrected chi connectivity index (χ1v) is 6.62. The summed E-state index contributed by atoms with van der Waals surface area (Å²) < 4.78 is 7.46. The molecule has 1 saturated carbocycles. The van der Waals surface area contributed by atoms with Crippen molar-refractivity contribution in [3.63, 3.8) is 0 Å². The topological polar surface area (TPSA) is 86.1 Å². The van der Waals surface area contributed by atoms with Gasteiger partial charge in [0.1, 0.15) is 0 Å². The number of esters is 1. The Bertz CT molecular complexity index is 823. The Balaban J connectivity index is 2.17. The van der Waals surface area contributed by atoms with Gasteiger partial charge in [-0.05, 0) is 18.9 Å². The second kappa shape index (κ2) is 4.76. The van der Waals surface area contributed by atoms with Gasteiger partial charge >= 0.3 is 5.97 Å². The lowest BCUT2D eigenvalue weighted by Crippen LogP contribution is -2.24. The predicted octanol–water partition coefficient (Wildman–Crippen LogP) is 0.664. The molecule has 2 aromatic heterocycles. The fraction of sp³-hybridized carbons (Fsp3) is 0.357. The molecule has 7 nitrogen and oxygen atoms in total. The van der Waals surface area contributed by atoms with Crippen molar-refractivity contribution in [3.8, 4) is 11.1 Å². The number of hydrogen-bond acceptors (Lipinski definition) is 4. The zero-order chi connectivity index (χ0) is 15.1. The molecule has 21 heavy (non-hydrogen) atoms. The number of pyridine rings is 1. The molecule has 0 spiro atoms. The molecule has 2 aromatic rings. The molecule has 0 amide bonds. The lowest BCUT2D eigenvalue weighted by molar-refractivity contribution is 0.0600. The molecule has 1 aliphatic carbocycles. The highest BCUT2D eigenvalue weighted by atomic mass is 16.5. The highest BCUT2D eigenvalue weighted by Gasteiger charge is 2.27. The number of aromatic nitrogens is 3. The minimum Gasteiger partial charge on any atom is -0.465 e. The van der Waals surface area contributed by atoms with Crippen molar-refractivity contribution in [3.05, 3.63) is 44.7 Å². The van der Waals surface area contributed by atoms with E-state index in [-0.39, 0.29) is 33.9 Å². The van der Waals surface area contributed by atoms with E-state index in [0.29, 0.717) is 0 Å². The number of H-pyrrole nitrogens is 1.